The van der Waals surface area contributed by atoms with Crippen LogP contribution in [0, 0.1) is 11.8 Å². The van der Waals surface area contributed by atoms with Gasteiger partial charge in [-0.1, -0.05) is 15.9 Å². The normalized spacial score (nSPS) is 27.6. The smallest absolute Gasteiger partial charge is 0.231 e. The molecule has 2 fully saturated rings. The molecule has 1 heterocycles. The summed E-state index contributed by atoms with van der Waals surface area (Å²) in [5, 5.41) is 0. The van der Waals surface area contributed by atoms with Crippen LogP contribution in [0.2, 0.25) is 0 Å². The molecule has 2 aliphatic rings. The third-order valence-electron chi connectivity index (χ3n) is 6.10. The molecule has 0 amide bonds. The second kappa shape index (κ2) is 10.3. The third kappa shape index (κ3) is 6.53. The first-order chi connectivity index (χ1) is 13.0. The van der Waals surface area contributed by atoms with Gasteiger partial charge in [-0.05, 0) is 93.6 Å². The van der Waals surface area contributed by atoms with E-state index in [1.165, 1.54) is 55.4 Å². The molecule has 2 atom stereocenters. The van der Waals surface area contributed by atoms with E-state index in [0.29, 0.717) is 5.92 Å². The monoisotopic (exact) mass is 458 g/mol. The van der Waals surface area contributed by atoms with Gasteiger partial charge in [0.25, 0.3) is 0 Å². The number of benzene rings is 1. The van der Waals surface area contributed by atoms with Crippen LogP contribution in [0.3, 0.4) is 0 Å². The van der Waals surface area contributed by atoms with Crippen LogP contribution in [0.1, 0.15) is 44.1 Å². The first-order valence-electron chi connectivity index (χ1n) is 9.95. The van der Waals surface area contributed by atoms with E-state index in [9.17, 15) is 4.21 Å². The van der Waals surface area contributed by atoms with Gasteiger partial charge >= 0.3 is 0 Å². The first-order valence-corrected chi connectivity index (χ1v) is 11.8. The minimum absolute atomic E-state index is 0.213. The van der Waals surface area contributed by atoms with Crippen LogP contribution >= 0.6 is 15.9 Å². The minimum atomic E-state index is -1.87. The lowest BCUT2D eigenvalue weighted by atomic mass is 9.84. The zero-order valence-electron chi connectivity index (χ0n) is 16.0. The molecule has 1 saturated heterocycles. The summed E-state index contributed by atoms with van der Waals surface area (Å²) in [5.41, 5.74) is 1.34. The summed E-state index contributed by atoms with van der Waals surface area (Å²) >= 11 is 1.80. The largest absolute Gasteiger partial charge is 0.497 e. The van der Waals surface area contributed by atoms with Crippen molar-refractivity contribution in [2.45, 2.75) is 51.0 Å². The molecule has 0 aromatic heterocycles. The summed E-state index contributed by atoms with van der Waals surface area (Å²) in [6.07, 6.45) is 8.00. The van der Waals surface area contributed by atoms with Gasteiger partial charge in [-0.2, -0.15) is 0 Å². The van der Waals surface area contributed by atoms with E-state index in [1.54, 1.807) is 7.11 Å². The van der Waals surface area contributed by atoms with E-state index in [1.807, 2.05) is 6.07 Å². The number of hydrogen-bond donors (Lipinski definition) is 2. The summed E-state index contributed by atoms with van der Waals surface area (Å²) in [5.74, 6) is 2.41. The van der Waals surface area contributed by atoms with Gasteiger partial charge < -0.3 is 9.64 Å². The van der Waals surface area contributed by atoms with E-state index >= 15 is 0 Å². The fourth-order valence-electron chi connectivity index (χ4n) is 4.50. The lowest BCUT2D eigenvalue weighted by Crippen LogP contribution is -2.35. The molecule has 7 heteroatoms. The molecular weight excluding hydrogens is 428 g/mol. The summed E-state index contributed by atoms with van der Waals surface area (Å²) in [7, 11) is 1.72. The highest BCUT2D eigenvalue weighted by molar-refractivity contribution is 9.10. The topological polar surface area (TPSA) is 61.8 Å². The van der Waals surface area contributed by atoms with E-state index < -0.39 is 11.3 Å². The van der Waals surface area contributed by atoms with Crippen LogP contribution in [-0.2, 0) is 17.7 Å². The highest BCUT2D eigenvalue weighted by Crippen LogP contribution is 2.30. The van der Waals surface area contributed by atoms with Crippen LogP contribution in [0.5, 0.6) is 5.75 Å². The third-order valence-corrected chi connectivity index (χ3v) is 7.41. The molecule has 1 aliphatic carbocycles. The van der Waals surface area contributed by atoms with Gasteiger partial charge in [0, 0.05) is 17.1 Å². The lowest BCUT2D eigenvalue weighted by Gasteiger charge is -2.29. The molecule has 1 saturated carbocycles. The predicted molar refractivity (Wildman–Crippen MR) is 113 cm³/mol. The van der Waals surface area contributed by atoms with Crippen LogP contribution in [0.25, 0.3) is 0 Å². The van der Waals surface area contributed by atoms with Crippen LogP contribution in [0.4, 0.5) is 0 Å². The number of nitrogens with one attached hydrogen (secondary N) is 1. The maximum Gasteiger partial charge on any atom is 0.231 e. The summed E-state index contributed by atoms with van der Waals surface area (Å²) in [6, 6.07) is 6.44. The Balaban J connectivity index is 1.39. The number of halogens is 1. The Kier molecular flexibility index (Phi) is 8.14. The number of ether oxygens (including phenoxy) is 1. The van der Waals surface area contributed by atoms with Crippen molar-refractivity contribution in [1.82, 2.24) is 9.62 Å². The van der Waals surface area contributed by atoms with Crippen molar-refractivity contribution in [2.75, 3.05) is 26.7 Å². The van der Waals surface area contributed by atoms with Gasteiger partial charge in [-0.15, -0.1) is 0 Å². The van der Waals surface area contributed by atoms with Gasteiger partial charge in [0.1, 0.15) is 5.75 Å². The Labute approximate surface area is 173 Å². The van der Waals surface area contributed by atoms with Gasteiger partial charge in [0.15, 0.2) is 0 Å². The van der Waals surface area contributed by atoms with Crippen molar-refractivity contribution >= 4 is 27.2 Å². The van der Waals surface area contributed by atoms with Crippen molar-refractivity contribution < 1.29 is 13.5 Å². The van der Waals surface area contributed by atoms with E-state index in [0.717, 1.165) is 30.9 Å². The maximum absolute atomic E-state index is 10.9. The van der Waals surface area contributed by atoms with Crippen molar-refractivity contribution in [1.29, 1.82) is 0 Å². The maximum atomic E-state index is 10.9. The first kappa shape index (κ1) is 21.2. The summed E-state index contributed by atoms with van der Waals surface area (Å²) < 4.78 is 29.1. The van der Waals surface area contributed by atoms with Crippen LogP contribution < -0.4 is 9.46 Å². The van der Waals surface area contributed by atoms with E-state index in [-0.39, 0.29) is 6.04 Å². The molecule has 27 heavy (non-hydrogen) atoms. The van der Waals surface area contributed by atoms with Crippen molar-refractivity contribution in [3.63, 3.8) is 0 Å². The molecule has 1 aromatic rings. The van der Waals surface area contributed by atoms with Crippen molar-refractivity contribution in [3.05, 3.63) is 28.2 Å². The van der Waals surface area contributed by atoms with Crippen LogP contribution in [0.15, 0.2) is 22.7 Å². The highest BCUT2D eigenvalue weighted by Gasteiger charge is 2.26. The zero-order valence-corrected chi connectivity index (χ0v) is 18.4. The molecule has 0 spiro atoms. The second-order valence-electron chi connectivity index (χ2n) is 7.99. The second-order valence-corrected chi connectivity index (χ2v) is 9.58. The van der Waals surface area contributed by atoms with Gasteiger partial charge in [-0.25, -0.2) is 8.93 Å². The van der Waals surface area contributed by atoms with Gasteiger partial charge in [-0.3, -0.25) is 4.55 Å². The average molecular weight is 459 g/mol. The van der Waals surface area contributed by atoms with E-state index in [4.69, 9.17) is 9.29 Å². The van der Waals surface area contributed by atoms with Crippen LogP contribution in [-0.4, -0.2) is 46.4 Å². The molecule has 152 valence electrons. The molecule has 0 bridgehead atoms. The molecule has 0 radical (unpaired) electrons. The minimum Gasteiger partial charge on any atom is -0.497 e. The van der Waals surface area contributed by atoms with Crippen molar-refractivity contribution in [2.24, 2.45) is 11.8 Å². The molecule has 1 aromatic carbocycles. The Morgan fingerprint density at radius 2 is 2.04 bits per heavy atom. The Bertz CT molecular complexity index is 638. The number of likely N-dealkylation sites (tertiary alicyclic amines) is 1. The molecule has 3 rings (SSSR count). The quantitative estimate of drug-likeness (QED) is 0.577. The lowest BCUT2D eigenvalue weighted by molar-refractivity contribution is 0.245. The molecule has 5 nitrogen and oxygen atoms in total. The number of hydrogen-bond acceptors (Lipinski definition) is 3. The average Bonchev–Trinajstić information content (AvgIpc) is 3.10. The predicted octanol–water partition coefficient (Wildman–Crippen LogP) is 4.00. The summed E-state index contributed by atoms with van der Waals surface area (Å²) in [6.45, 7) is 3.57. The molecule has 2 N–H and O–H groups in total. The van der Waals surface area contributed by atoms with Gasteiger partial charge in [0.2, 0.25) is 11.3 Å². The number of rotatable bonds is 8. The fraction of sp³-hybridized carbons (Fsp3) is 0.700. The zero-order chi connectivity index (χ0) is 19.2. The number of nitrogens with zero attached hydrogens (tertiary/aromatic N) is 1. The SMILES string of the molecule is COc1ccc(Br)c(CC2CCN(CCC3CCC(NS(=O)O)CC3)C2)c1. The van der Waals surface area contributed by atoms with Crippen molar-refractivity contribution in [3.8, 4) is 5.75 Å². The molecule has 2 unspecified atom stereocenters. The summed E-state index contributed by atoms with van der Waals surface area (Å²) in [4.78, 5) is 2.62. The Morgan fingerprint density at radius 3 is 2.74 bits per heavy atom. The fourth-order valence-corrected chi connectivity index (χ4v) is 5.43. The Hall–Kier alpha value is -0.470. The Morgan fingerprint density at radius 1 is 1.26 bits per heavy atom. The van der Waals surface area contributed by atoms with Gasteiger partial charge in [0.05, 0.1) is 7.11 Å². The highest BCUT2D eigenvalue weighted by atomic mass is 79.9. The molecular formula is C20H31BrN2O3S. The number of methoxy groups -OCH3 is 1. The molecule has 1 aliphatic heterocycles. The van der Waals surface area contributed by atoms with E-state index in [2.05, 4.69) is 37.7 Å². The standard InChI is InChI=1S/C20H31BrN2O3S/c1-26-19-6-7-20(21)17(13-19)12-16-9-11-23(14-16)10-8-15-2-4-18(5-3-15)22-27(24)25/h6-7,13,15-16,18,22H,2-5,8-12,14H2,1H3,(H,24,25).